The van der Waals surface area contributed by atoms with Crippen LogP contribution >= 0.6 is 0 Å². The van der Waals surface area contributed by atoms with Gasteiger partial charge in [-0.05, 0) is 42.3 Å². The number of carboxylic acid groups (broad SMARTS) is 1. The molecule has 1 amide bonds. The topological polar surface area (TPSA) is 115 Å². The van der Waals surface area contributed by atoms with Crippen LogP contribution in [0.5, 0.6) is 0 Å². The first-order valence-electron chi connectivity index (χ1n) is 9.70. The van der Waals surface area contributed by atoms with Crippen molar-refractivity contribution in [1.29, 1.82) is 0 Å². The summed E-state index contributed by atoms with van der Waals surface area (Å²) in [6.07, 6.45) is 2.90. The van der Waals surface area contributed by atoms with Gasteiger partial charge in [-0.2, -0.15) is 15.2 Å². The highest BCUT2D eigenvalue weighted by molar-refractivity contribution is 6.71. The average molecular weight is 434 g/mol. The molecule has 0 spiro atoms. The maximum atomic E-state index is 13.6. The lowest BCUT2D eigenvalue weighted by Gasteiger charge is -2.34. The Kier molecular flexibility index (Phi) is 5.41. The standard InChI is InChI=1S/C23H19FN4O4/c1-14-19(21(30)28(26-14)17-10-5-9-16(24)13-17)25-27-23(22(31)32)12-6-11-18(20(23)29)15-7-3-2-4-8-15/h2-13,20,27,29H,1H3,(H,31,32). The van der Waals surface area contributed by atoms with Crippen LogP contribution in [0.25, 0.3) is 5.57 Å². The van der Waals surface area contributed by atoms with Crippen molar-refractivity contribution in [3.63, 3.8) is 0 Å². The van der Waals surface area contributed by atoms with E-state index in [4.69, 9.17) is 0 Å². The number of aliphatic hydroxyl groups excluding tert-OH is 1. The maximum absolute atomic E-state index is 13.6. The number of benzene rings is 2. The minimum Gasteiger partial charge on any atom is -0.479 e. The van der Waals surface area contributed by atoms with Gasteiger partial charge in [0.05, 0.1) is 11.4 Å². The van der Waals surface area contributed by atoms with E-state index in [-0.39, 0.29) is 17.1 Å². The van der Waals surface area contributed by atoms with Gasteiger partial charge in [0, 0.05) is 0 Å². The smallest absolute Gasteiger partial charge is 0.338 e. The maximum Gasteiger partial charge on any atom is 0.338 e. The summed E-state index contributed by atoms with van der Waals surface area (Å²) in [5, 5.41) is 30.0. The van der Waals surface area contributed by atoms with E-state index in [9.17, 15) is 24.2 Å². The second kappa shape index (κ2) is 8.20. The molecule has 0 saturated heterocycles. The number of hydrogen-bond acceptors (Lipinski definition) is 6. The van der Waals surface area contributed by atoms with Gasteiger partial charge < -0.3 is 10.2 Å². The monoisotopic (exact) mass is 434 g/mol. The molecular weight excluding hydrogens is 415 g/mol. The number of hydrogen-bond donors (Lipinski definition) is 3. The molecule has 2 aromatic rings. The number of rotatable bonds is 5. The van der Waals surface area contributed by atoms with Crippen molar-refractivity contribution < 1.29 is 24.2 Å². The Morgan fingerprint density at radius 2 is 1.97 bits per heavy atom. The van der Waals surface area contributed by atoms with Crippen molar-refractivity contribution in [3.8, 4) is 0 Å². The van der Waals surface area contributed by atoms with Gasteiger partial charge in [0.1, 0.15) is 11.9 Å². The lowest BCUT2D eigenvalue weighted by molar-refractivity contribution is -0.145. The van der Waals surface area contributed by atoms with Crippen molar-refractivity contribution in [2.45, 2.75) is 18.6 Å². The Bertz CT molecular complexity index is 1210. The van der Waals surface area contributed by atoms with E-state index in [0.29, 0.717) is 11.1 Å². The number of aliphatic carboxylic acids is 1. The van der Waals surface area contributed by atoms with E-state index in [2.05, 4.69) is 15.6 Å². The molecule has 0 saturated carbocycles. The number of amides is 1. The zero-order valence-corrected chi connectivity index (χ0v) is 16.9. The molecule has 2 aromatic carbocycles. The van der Waals surface area contributed by atoms with E-state index in [1.54, 1.807) is 30.3 Å². The Balaban J connectivity index is 1.64. The second-order valence-electron chi connectivity index (χ2n) is 7.28. The molecule has 0 radical (unpaired) electrons. The molecule has 2 atom stereocenters. The van der Waals surface area contributed by atoms with Gasteiger partial charge in [-0.25, -0.2) is 9.18 Å². The quantitative estimate of drug-likeness (QED) is 0.625. The summed E-state index contributed by atoms with van der Waals surface area (Å²) in [7, 11) is 0. The molecule has 1 aliphatic carbocycles. The van der Waals surface area contributed by atoms with Crippen LogP contribution in [0.2, 0.25) is 0 Å². The van der Waals surface area contributed by atoms with Crippen molar-refractivity contribution in [3.05, 3.63) is 84.2 Å². The number of anilines is 1. The minimum absolute atomic E-state index is 0.147. The molecule has 9 heteroatoms. The zero-order chi connectivity index (χ0) is 22.9. The molecule has 2 unspecified atom stereocenters. The van der Waals surface area contributed by atoms with E-state index in [1.165, 1.54) is 37.3 Å². The molecule has 0 fully saturated rings. The largest absolute Gasteiger partial charge is 0.479 e. The first-order chi connectivity index (χ1) is 15.3. The molecular formula is C23H19FN4O4. The molecule has 1 heterocycles. The zero-order valence-electron chi connectivity index (χ0n) is 16.9. The fourth-order valence-corrected chi connectivity index (χ4v) is 3.51. The fraction of sp³-hybridized carbons (Fsp3) is 0.130. The van der Waals surface area contributed by atoms with Crippen LogP contribution in [0, 0.1) is 5.82 Å². The first-order valence-corrected chi connectivity index (χ1v) is 9.70. The lowest BCUT2D eigenvalue weighted by Crippen LogP contribution is -2.58. The number of aliphatic hydroxyl groups is 1. The van der Waals surface area contributed by atoms with E-state index < -0.39 is 29.3 Å². The summed E-state index contributed by atoms with van der Waals surface area (Å²) in [5.74, 6) is -2.57. The van der Waals surface area contributed by atoms with Gasteiger partial charge in [-0.3, -0.25) is 10.2 Å². The number of carbonyl (C=O) groups excluding carboxylic acids is 1. The van der Waals surface area contributed by atoms with Gasteiger partial charge in [-0.15, -0.1) is 0 Å². The van der Waals surface area contributed by atoms with Gasteiger partial charge in [0.2, 0.25) is 0 Å². The third kappa shape index (κ3) is 3.58. The van der Waals surface area contributed by atoms with Crippen LogP contribution in [0.15, 0.2) is 83.0 Å². The van der Waals surface area contributed by atoms with Gasteiger partial charge >= 0.3 is 11.9 Å². The Morgan fingerprint density at radius 1 is 1.22 bits per heavy atom. The molecule has 4 rings (SSSR count). The summed E-state index contributed by atoms with van der Waals surface area (Å²) in [4.78, 5) is 25.0. The molecule has 0 bridgehead atoms. The van der Waals surface area contributed by atoms with Crippen molar-refractivity contribution in [2.24, 2.45) is 10.2 Å². The number of carboxylic acids is 1. The van der Waals surface area contributed by atoms with Crippen LogP contribution in [0.3, 0.4) is 0 Å². The number of carbonyl (C=O) groups is 2. The van der Waals surface area contributed by atoms with Gasteiger partial charge in [0.15, 0.2) is 11.3 Å². The summed E-state index contributed by atoms with van der Waals surface area (Å²) in [6, 6.07) is 14.2. The fourth-order valence-electron chi connectivity index (χ4n) is 3.51. The predicted octanol–water partition coefficient (Wildman–Crippen LogP) is 2.33. The van der Waals surface area contributed by atoms with Crippen LogP contribution in [0.4, 0.5) is 10.1 Å². The number of nitrogens with one attached hydrogen (secondary N) is 1. The van der Waals surface area contributed by atoms with Crippen molar-refractivity contribution in [2.75, 3.05) is 5.01 Å². The average Bonchev–Trinajstić information content (AvgIpc) is 3.07. The SMILES string of the molecule is CC1=NN(c2cccc(F)c2)C(=O)C1=NNC1(C(=O)O)C=CC=C(c2ccccc2)C1O. The Labute approximate surface area is 182 Å². The predicted molar refractivity (Wildman–Crippen MR) is 117 cm³/mol. The summed E-state index contributed by atoms with van der Waals surface area (Å²) < 4.78 is 13.6. The molecule has 2 aliphatic rings. The number of allylic oxidation sites excluding steroid dienone is 2. The number of hydrazone groups is 2. The Morgan fingerprint density at radius 3 is 2.66 bits per heavy atom. The van der Waals surface area contributed by atoms with E-state index >= 15 is 0 Å². The third-order valence-electron chi connectivity index (χ3n) is 5.21. The highest BCUT2D eigenvalue weighted by atomic mass is 19.1. The second-order valence-corrected chi connectivity index (χ2v) is 7.28. The summed E-state index contributed by atoms with van der Waals surface area (Å²) in [5.41, 5.74) is 1.77. The number of halogens is 1. The van der Waals surface area contributed by atoms with Crippen LogP contribution < -0.4 is 10.4 Å². The normalized spacial score (nSPS) is 23.8. The van der Waals surface area contributed by atoms with Crippen molar-refractivity contribution >= 4 is 34.6 Å². The molecule has 1 aliphatic heterocycles. The molecule has 162 valence electrons. The van der Waals surface area contributed by atoms with E-state index in [1.807, 2.05) is 6.07 Å². The minimum atomic E-state index is -2.01. The van der Waals surface area contributed by atoms with Crippen molar-refractivity contribution in [1.82, 2.24) is 5.43 Å². The first kappa shape index (κ1) is 21.1. The van der Waals surface area contributed by atoms with Gasteiger partial charge in [0.25, 0.3) is 0 Å². The van der Waals surface area contributed by atoms with Crippen LogP contribution in [-0.4, -0.2) is 45.2 Å². The molecule has 8 nitrogen and oxygen atoms in total. The Hall–Kier alpha value is -4.11. The molecule has 0 aromatic heterocycles. The summed E-state index contributed by atoms with van der Waals surface area (Å²) in [6.45, 7) is 1.52. The summed E-state index contributed by atoms with van der Waals surface area (Å²) >= 11 is 0. The third-order valence-corrected chi connectivity index (χ3v) is 5.21. The van der Waals surface area contributed by atoms with Crippen LogP contribution in [-0.2, 0) is 9.59 Å². The van der Waals surface area contributed by atoms with Crippen LogP contribution in [0.1, 0.15) is 12.5 Å². The highest BCUT2D eigenvalue weighted by Crippen LogP contribution is 2.31. The highest BCUT2D eigenvalue weighted by Gasteiger charge is 2.47. The molecule has 32 heavy (non-hydrogen) atoms. The van der Waals surface area contributed by atoms with Gasteiger partial charge in [-0.1, -0.05) is 48.6 Å². The number of nitrogens with zero attached hydrogens (tertiary/aromatic N) is 3. The molecule has 3 N–H and O–H groups in total. The lowest BCUT2D eigenvalue weighted by atomic mass is 9.81. The van der Waals surface area contributed by atoms with E-state index in [0.717, 1.165) is 11.1 Å².